The molecule has 1 unspecified atom stereocenters. The van der Waals surface area contributed by atoms with Gasteiger partial charge in [-0.25, -0.2) is 19.3 Å². The van der Waals surface area contributed by atoms with Gasteiger partial charge < -0.3 is 15.4 Å². The molecule has 0 bridgehead atoms. The number of aromatic nitrogens is 3. The van der Waals surface area contributed by atoms with Crippen LogP contribution < -0.4 is 15.4 Å². The predicted octanol–water partition coefficient (Wildman–Crippen LogP) is 3.07. The van der Waals surface area contributed by atoms with Crippen LogP contribution in [0.2, 0.25) is 0 Å². The standard InChI is InChI=1S/C22H20FN5O3/c23-11-14-3-8-20(25-12-14)31-17-6-4-15(5-7-17)22-26-16(13-29)10-19(27-22)28-9-1-2-18(28)21(24)30/h3-8,10,12-13,18H,1-2,9,11H2,(H2,24,30). The Morgan fingerprint density at radius 1 is 1.23 bits per heavy atom. The number of hydrogen-bond acceptors (Lipinski definition) is 7. The summed E-state index contributed by atoms with van der Waals surface area (Å²) in [4.78, 5) is 37.9. The van der Waals surface area contributed by atoms with Crippen LogP contribution >= 0.6 is 0 Å². The monoisotopic (exact) mass is 421 g/mol. The molecule has 2 N–H and O–H groups in total. The Morgan fingerprint density at radius 2 is 2.03 bits per heavy atom. The maximum absolute atomic E-state index is 12.6. The third-order valence-electron chi connectivity index (χ3n) is 5.02. The van der Waals surface area contributed by atoms with Crippen LogP contribution in [0.15, 0.2) is 48.7 Å². The Balaban J connectivity index is 1.58. The molecule has 1 aliphatic rings. The van der Waals surface area contributed by atoms with Gasteiger partial charge in [-0.05, 0) is 43.2 Å². The molecule has 1 fully saturated rings. The molecular weight excluding hydrogens is 401 g/mol. The molecular formula is C22H20FN5O3. The summed E-state index contributed by atoms with van der Waals surface area (Å²) < 4.78 is 18.3. The number of ether oxygens (including phenoxy) is 1. The van der Waals surface area contributed by atoms with Crippen molar-refractivity contribution < 1.29 is 18.7 Å². The van der Waals surface area contributed by atoms with Crippen molar-refractivity contribution in [1.29, 1.82) is 0 Å². The van der Waals surface area contributed by atoms with Crippen LogP contribution in [0.5, 0.6) is 11.6 Å². The molecule has 2 aromatic heterocycles. The second-order valence-electron chi connectivity index (χ2n) is 7.11. The average Bonchev–Trinajstić information content (AvgIpc) is 3.30. The summed E-state index contributed by atoms with van der Waals surface area (Å²) in [6.45, 7) is 0.0464. The minimum Gasteiger partial charge on any atom is -0.439 e. The van der Waals surface area contributed by atoms with Gasteiger partial charge in [-0.15, -0.1) is 0 Å². The molecule has 0 aliphatic carbocycles. The number of nitrogens with two attached hydrogens (primary N) is 1. The van der Waals surface area contributed by atoms with E-state index in [0.29, 0.717) is 53.7 Å². The first-order valence-electron chi connectivity index (χ1n) is 9.77. The third kappa shape index (κ3) is 4.50. The lowest BCUT2D eigenvalue weighted by Crippen LogP contribution is -2.40. The number of anilines is 1. The summed E-state index contributed by atoms with van der Waals surface area (Å²) in [5.41, 5.74) is 6.87. The molecule has 0 radical (unpaired) electrons. The second kappa shape index (κ2) is 8.86. The smallest absolute Gasteiger partial charge is 0.240 e. The van der Waals surface area contributed by atoms with E-state index in [4.69, 9.17) is 10.5 Å². The number of aldehydes is 1. The van der Waals surface area contributed by atoms with Crippen LogP contribution in [0, 0.1) is 0 Å². The largest absolute Gasteiger partial charge is 0.439 e. The highest BCUT2D eigenvalue weighted by molar-refractivity contribution is 5.84. The number of amides is 1. The van der Waals surface area contributed by atoms with Gasteiger partial charge in [0, 0.05) is 36.0 Å². The Hall–Kier alpha value is -3.88. The predicted molar refractivity (Wildman–Crippen MR) is 112 cm³/mol. The van der Waals surface area contributed by atoms with E-state index in [-0.39, 0.29) is 5.69 Å². The van der Waals surface area contributed by atoms with Gasteiger partial charge in [-0.1, -0.05) is 0 Å². The Kier molecular flexibility index (Phi) is 5.83. The number of carbonyl (C=O) groups excluding carboxylic acids is 2. The molecule has 9 heteroatoms. The molecule has 31 heavy (non-hydrogen) atoms. The lowest BCUT2D eigenvalue weighted by atomic mass is 10.2. The zero-order valence-corrected chi connectivity index (χ0v) is 16.6. The van der Waals surface area contributed by atoms with E-state index < -0.39 is 18.6 Å². The number of halogens is 1. The van der Waals surface area contributed by atoms with Gasteiger partial charge in [-0.3, -0.25) is 9.59 Å². The summed E-state index contributed by atoms with van der Waals surface area (Å²) >= 11 is 0. The number of alkyl halides is 1. The zero-order chi connectivity index (χ0) is 21.8. The Morgan fingerprint density at radius 3 is 2.68 bits per heavy atom. The van der Waals surface area contributed by atoms with Gasteiger partial charge in [0.2, 0.25) is 11.8 Å². The van der Waals surface area contributed by atoms with Crippen molar-refractivity contribution in [3.63, 3.8) is 0 Å². The number of rotatable bonds is 7. The minimum absolute atomic E-state index is 0.215. The van der Waals surface area contributed by atoms with Crippen LogP contribution in [0.25, 0.3) is 11.4 Å². The zero-order valence-electron chi connectivity index (χ0n) is 16.6. The fourth-order valence-electron chi connectivity index (χ4n) is 3.47. The highest BCUT2D eigenvalue weighted by Crippen LogP contribution is 2.28. The van der Waals surface area contributed by atoms with Crippen LogP contribution in [0.1, 0.15) is 28.9 Å². The molecule has 158 valence electrons. The van der Waals surface area contributed by atoms with Crippen molar-refractivity contribution in [3.05, 3.63) is 59.9 Å². The van der Waals surface area contributed by atoms with Gasteiger partial charge in [0.15, 0.2) is 12.1 Å². The highest BCUT2D eigenvalue weighted by atomic mass is 19.1. The summed E-state index contributed by atoms with van der Waals surface area (Å²) in [5.74, 6) is 1.31. The fourth-order valence-corrected chi connectivity index (χ4v) is 3.47. The van der Waals surface area contributed by atoms with Crippen LogP contribution in [-0.4, -0.2) is 39.7 Å². The number of nitrogens with zero attached hydrogens (tertiary/aromatic N) is 4. The number of benzene rings is 1. The second-order valence-corrected chi connectivity index (χ2v) is 7.11. The molecule has 3 aromatic rings. The van der Waals surface area contributed by atoms with Crippen molar-refractivity contribution in [1.82, 2.24) is 15.0 Å². The van der Waals surface area contributed by atoms with Crippen molar-refractivity contribution in [2.24, 2.45) is 5.73 Å². The highest BCUT2D eigenvalue weighted by Gasteiger charge is 2.30. The van der Waals surface area contributed by atoms with Crippen LogP contribution in [0.3, 0.4) is 0 Å². The van der Waals surface area contributed by atoms with Gasteiger partial charge in [0.1, 0.15) is 30.0 Å². The molecule has 1 saturated heterocycles. The quantitative estimate of drug-likeness (QED) is 0.584. The average molecular weight is 421 g/mol. The van der Waals surface area contributed by atoms with E-state index in [1.807, 2.05) is 4.90 Å². The molecule has 4 rings (SSSR count). The third-order valence-corrected chi connectivity index (χ3v) is 5.02. The van der Waals surface area contributed by atoms with Gasteiger partial charge in [0.05, 0.1) is 0 Å². The van der Waals surface area contributed by atoms with Gasteiger partial charge in [-0.2, -0.15) is 0 Å². The maximum Gasteiger partial charge on any atom is 0.240 e. The molecule has 1 aliphatic heterocycles. The number of hydrogen-bond donors (Lipinski definition) is 1. The molecule has 1 atom stereocenters. The Labute approximate surface area is 177 Å². The first kappa shape index (κ1) is 20.4. The van der Waals surface area contributed by atoms with Crippen LogP contribution in [-0.2, 0) is 11.5 Å². The maximum atomic E-state index is 12.6. The van der Waals surface area contributed by atoms with E-state index in [1.165, 1.54) is 6.20 Å². The first-order chi connectivity index (χ1) is 15.1. The lowest BCUT2D eigenvalue weighted by Gasteiger charge is -2.23. The van der Waals surface area contributed by atoms with E-state index in [1.54, 1.807) is 42.5 Å². The van der Waals surface area contributed by atoms with Gasteiger partial charge >= 0.3 is 0 Å². The number of carbonyl (C=O) groups is 2. The van der Waals surface area contributed by atoms with E-state index in [9.17, 15) is 14.0 Å². The minimum atomic E-state index is -0.582. The summed E-state index contributed by atoms with van der Waals surface area (Å²) in [6.07, 6.45) is 3.53. The molecule has 1 amide bonds. The van der Waals surface area contributed by atoms with E-state index >= 15 is 0 Å². The number of pyridine rings is 1. The Bertz CT molecular complexity index is 1090. The molecule has 0 saturated carbocycles. The van der Waals surface area contributed by atoms with Crippen molar-refractivity contribution in [3.8, 4) is 23.0 Å². The van der Waals surface area contributed by atoms with Crippen molar-refractivity contribution in [2.75, 3.05) is 11.4 Å². The SMILES string of the molecule is NC(=O)C1CCCN1c1cc(C=O)nc(-c2ccc(Oc3ccc(CF)cn3)cc2)n1. The fraction of sp³-hybridized carbons (Fsp3) is 0.227. The number of primary amides is 1. The van der Waals surface area contributed by atoms with Crippen molar-refractivity contribution >= 4 is 18.0 Å². The normalized spacial score (nSPS) is 15.6. The van der Waals surface area contributed by atoms with E-state index in [0.717, 1.165) is 6.42 Å². The molecule has 8 nitrogen and oxygen atoms in total. The summed E-state index contributed by atoms with van der Waals surface area (Å²) in [6, 6.07) is 11.3. The molecule has 1 aromatic carbocycles. The summed E-state index contributed by atoms with van der Waals surface area (Å²) in [7, 11) is 0. The topological polar surface area (TPSA) is 111 Å². The molecule has 3 heterocycles. The molecule has 0 spiro atoms. The van der Waals surface area contributed by atoms with Gasteiger partial charge in [0.25, 0.3) is 0 Å². The van der Waals surface area contributed by atoms with E-state index in [2.05, 4.69) is 15.0 Å². The summed E-state index contributed by atoms with van der Waals surface area (Å²) in [5, 5.41) is 0. The van der Waals surface area contributed by atoms with Crippen LogP contribution in [0.4, 0.5) is 10.2 Å². The first-order valence-corrected chi connectivity index (χ1v) is 9.77. The van der Waals surface area contributed by atoms with Crippen molar-refractivity contribution in [2.45, 2.75) is 25.6 Å². The lowest BCUT2D eigenvalue weighted by molar-refractivity contribution is -0.119.